The van der Waals surface area contributed by atoms with E-state index >= 15 is 0 Å². The Morgan fingerprint density at radius 3 is 2.67 bits per heavy atom. The van der Waals surface area contributed by atoms with Gasteiger partial charge in [-0.15, -0.1) is 0 Å². The predicted molar refractivity (Wildman–Crippen MR) is 92.4 cm³/mol. The van der Waals surface area contributed by atoms with Crippen LogP contribution >= 0.6 is 27.5 Å². The third-order valence-electron chi connectivity index (χ3n) is 3.34. The van der Waals surface area contributed by atoms with Gasteiger partial charge in [0.05, 0.1) is 17.6 Å². The fraction of sp³-hybridized carbons (Fsp3) is 0.294. The van der Waals surface area contributed by atoms with Crippen LogP contribution in [0.25, 0.3) is 0 Å². The Balaban J connectivity index is 2.57. The lowest BCUT2D eigenvalue weighted by atomic mass is 9.96. The Morgan fingerprint density at radius 2 is 2.05 bits per heavy atom. The zero-order chi connectivity index (χ0) is 15.4. The van der Waals surface area contributed by atoms with Crippen LogP contribution in [0.3, 0.4) is 0 Å². The highest BCUT2D eigenvalue weighted by atomic mass is 79.9. The summed E-state index contributed by atoms with van der Waals surface area (Å²) in [6, 6.07) is 12.3. The summed E-state index contributed by atoms with van der Waals surface area (Å²) in [6.45, 7) is 5.04. The number of hydrogen-bond acceptors (Lipinski definition) is 2. The second-order valence-corrected chi connectivity index (χ2v) is 6.21. The average molecular weight is 369 g/mol. The van der Waals surface area contributed by atoms with Crippen LogP contribution in [0.4, 0.5) is 0 Å². The van der Waals surface area contributed by atoms with Crippen molar-refractivity contribution in [3.63, 3.8) is 0 Å². The van der Waals surface area contributed by atoms with Crippen molar-refractivity contribution < 1.29 is 4.74 Å². The van der Waals surface area contributed by atoms with Gasteiger partial charge in [0.25, 0.3) is 0 Å². The summed E-state index contributed by atoms with van der Waals surface area (Å²) in [7, 11) is 1.68. The molecule has 0 heterocycles. The van der Waals surface area contributed by atoms with E-state index in [9.17, 15) is 0 Å². The maximum absolute atomic E-state index is 6.23. The zero-order valence-corrected chi connectivity index (χ0v) is 14.8. The van der Waals surface area contributed by atoms with E-state index in [2.05, 4.69) is 59.4 Å². The van der Waals surface area contributed by atoms with Crippen LogP contribution in [-0.4, -0.2) is 13.7 Å². The van der Waals surface area contributed by atoms with Gasteiger partial charge in [0.15, 0.2) is 0 Å². The molecule has 2 nitrogen and oxygen atoms in total. The van der Waals surface area contributed by atoms with Gasteiger partial charge in [-0.25, -0.2) is 0 Å². The monoisotopic (exact) mass is 367 g/mol. The van der Waals surface area contributed by atoms with Gasteiger partial charge in [0.1, 0.15) is 5.75 Å². The third kappa shape index (κ3) is 3.79. The fourth-order valence-corrected chi connectivity index (χ4v) is 3.47. The van der Waals surface area contributed by atoms with Crippen LogP contribution in [-0.2, 0) is 0 Å². The second-order valence-electron chi connectivity index (χ2n) is 4.91. The smallest absolute Gasteiger partial charge is 0.138 e. The van der Waals surface area contributed by atoms with Crippen LogP contribution in [0.2, 0.25) is 5.02 Å². The Hall–Kier alpha value is -1.03. The van der Waals surface area contributed by atoms with Crippen molar-refractivity contribution in [1.82, 2.24) is 5.32 Å². The van der Waals surface area contributed by atoms with Gasteiger partial charge >= 0.3 is 0 Å². The SMILES string of the molecule is CCNC(c1cccc(C)c1)c1cc(Cl)cc(Br)c1OC. The molecular formula is C17H19BrClNO. The Kier molecular flexibility index (Phi) is 5.68. The van der Waals surface area contributed by atoms with E-state index in [1.54, 1.807) is 7.11 Å². The number of nitrogens with one attached hydrogen (secondary N) is 1. The summed E-state index contributed by atoms with van der Waals surface area (Å²) in [4.78, 5) is 0. The van der Waals surface area contributed by atoms with Crippen molar-refractivity contribution in [1.29, 1.82) is 0 Å². The van der Waals surface area contributed by atoms with Gasteiger partial charge in [0, 0.05) is 10.6 Å². The Bertz CT molecular complexity index is 630. The van der Waals surface area contributed by atoms with E-state index in [4.69, 9.17) is 16.3 Å². The molecule has 0 bridgehead atoms. The summed E-state index contributed by atoms with van der Waals surface area (Å²) in [5.74, 6) is 0.812. The molecule has 0 aliphatic heterocycles. The van der Waals surface area contributed by atoms with Gasteiger partial charge in [-0.05, 0) is 47.1 Å². The number of rotatable bonds is 5. The highest BCUT2D eigenvalue weighted by Gasteiger charge is 2.20. The molecule has 0 spiro atoms. The van der Waals surface area contributed by atoms with Gasteiger partial charge in [-0.1, -0.05) is 48.4 Å². The Morgan fingerprint density at radius 1 is 1.29 bits per heavy atom. The molecule has 2 rings (SSSR count). The lowest BCUT2D eigenvalue weighted by Crippen LogP contribution is -2.22. The molecule has 0 aliphatic rings. The topological polar surface area (TPSA) is 21.3 Å². The minimum atomic E-state index is 0.0415. The predicted octanol–water partition coefficient (Wildman–Crippen LogP) is 5.12. The highest BCUT2D eigenvalue weighted by molar-refractivity contribution is 9.10. The molecule has 0 amide bonds. The molecule has 21 heavy (non-hydrogen) atoms. The van der Waals surface area contributed by atoms with Crippen molar-refractivity contribution in [2.45, 2.75) is 19.9 Å². The molecule has 1 atom stereocenters. The maximum atomic E-state index is 6.23. The molecule has 1 N–H and O–H groups in total. The average Bonchev–Trinajstić information content (AvgIpc) is 2.44. The van der Waals surface area contributed by atoms with Gasteiger partial charge in [-0.3, -0.25) is 0 Å². The van der Waals surface area contributed by atoms with Gasteiger partial charge in [0.2, 0.25) is 0 Å². The van der Waals surface area contributed by atoms with Crippen LogP contribution in [0, 0.1) is 6.92 Å². The minimum Gasteiger partial charge on any atom is -0.495 e. The normalized spacial score (nSPS) is 12.2. The highest BCUT2D eigenvalue weighted by Crippen LogP contribution is 2.38. The lowest BCUT2D eigenvalue weighted by molar-refractivity contribution is 0.401. The standard InChI is InChI=1S/C17H19BrClNO/c1-4-20-16(12-7-5-6-11(2)8-12)14-9-13(19)10-15(18)17(14)21-3/h5-10,16,20H,4H2,1-3H3. The zero-order valence-electron chi connectivity index (χ0n) is 12.4. The molecule has 0 aliphatic carbocycles. The van der Waals surface area contributed by atoms with Crippen LogP contribution in [0.1, 0.15) is 29.7 Å². The summed E-state index contributed by atoms with van der Waals surface area (Å²) >= 11 is 9.76. The molecule has 112 valence electrons. The van der Waals surface area contributed by atoms with E-state index in [0.29, 0.717) is 5.02 Å². The lowest BCUT2D eigenvalue weighted by Gasteiger charge is -2.22. The van der Waals surface area contributed by atoms with Crippen LogP contribution in [0.15, 0.2) is 40.9 Å². The number of aryl methyl sites for hydroxylation is 1. The third-order valence-corrected chi connectivity index (χ3v) is 4.14. The van der Waals surface area contributed by atoms with E-state index in [0.717, 1.165) is 22.3 Å². The van der Waals surface area contributed by atoms with Gasteiger partial charge in [-0.2, -0.15) is 0 Å². The fourth-order valence-electron chi connectivity index (χ4n) is 2.47. The van der Waals surface area contributed by atoms with Crippen molar-refractivity contribution in [2.24, 2.45) is 0 Å². The van der Waals surface area contributed by atoms with Crippen molar-refractivity contribution >= 4 is 27.5 Å². The molecule has 0 saturated heterocycles. The summed E-state index contributed by atoms with van der Waals surface area (Å²) in [5, 5.41) is 4.20. The molecule has 0 fully saturated rings. The Labute approximate surface area is 139 Å². The molecule has 0 radical (unpaired) electrons. The van der Waals surface area contributed by atoms with E-state index in [-0.39, 0.29) is 6.04 Å². The molecule has 4 heteroatoms. The maximum Gasteiger partial charge on any atom is 0.138 e. The van der Waals surface area contributed by atoms with E-state index in [1.807, 2.05) is 12.1 Å². The van der Waals surface area contributed by atoms with Crippen LogP contribution in [0.5, 0.6) is 5.75 Å². The largest absolute Gasteiger partial charge is 0.495 e. The number of methoxy groups -OCH3 is 1. The van der Waals surface area contributed by atoms with E-state index in [1.165, 1.54) is 11.1 Å². The molecule has 2 aromatic rings. The summed E-state index contributed by atoms with van der Waals surface area (Å²) < 4.78 is 6.43. The summed E-state index contributed by atoms with van der Waals surface area (Å²) in [5.41, 5.74) is 3.46. The number of halogens is 2. The first-order valence-corrected chi connectivity index (χ1v) is 8.06. The first-order valence-electron chi connectivity index (χ1n) is 6.89. The molecule has 0 aromatic heterocycles. The summed E-state index contributed by atoms with van der Waals surface area (Å²) in [6.07, 6.45) is 0. The van der Waals surface area contributed by atoms with Crippen molar-refractivity contribution in [3.05, 3.63) is 62.6 Å². The minimum absolute atomic E-state index is 0.0415. The molecule has 2 aromatic carbocycles. The first kappa shape index (κ1) is 16.3. The van der Waals surface area contributed by atoms with E-state index < -0.39 is 0 Å². The number of hydrogen-bond donors (Lipinski definition) is 1. The first-order chi connectivity index (χ1) is 10.1. The number of ether oxygens (including phenoxy) is 1. The van der Waals surface area contributed by atoms with Crippen molar-refractivity contribution in [3.8, 4) is 5.75 Å². The quantitative estimate of drug-likeness (QED) is 0.791. The second kappa shape index (κ2) is 7.30. The molecule has 1 unspecified atom stereocenters. The molecular weight excluding hydrogens is 350 g/mol. The van der Waals surface area contributed by atoms with Gasteiger partial charge < -0.3 is 10.1 Å². The van der Waals surface area contributed by atoms with Crippen LogP contribution < -0.4 is 10.1 Å². The number of benzene rings is 2. The molecule has 0 saturated carbocycles. The van der Waals surface area contributed by atoms with Crippen molar-refractivity contribution in [2.75, 3.05) is 13.7 Å².